The molecule has 0 saturated heterocycles. The molecule has 0 saturated carbocycles. The largest absolute Gasteiger partial charge is 0.488 e. The van der Waals surface area contributed by atoms with Crippen molar-refractivity contribution in [2.75, 3.05) is 44.4 Å². The van der Waals surface area contributed by atoms with E-state index >= 15 is 0 Å². The summed E-state index contributed by atoms with van der Waals surface area (Å²) in [5, 5.41) is 3.40. The predicted molar refractivity (Wildman–Crippen MR) is 120 cm³/mol. The summed E-state index contributed by atoms with van der Waals surface area (Å²) in [6, 6.07) is 10.9. The SMILES string of the molecule is CN(C)CCNc1ccc2c(c1)-c1sc(C(=O)N(C)c3ccc(F)cc3F)cc1CO2. The summed E-state index contributed by atoms with van der Waals surface area (Å²) in [7, 11) is 5.52. The average Bonchev–Trinajstić information content (AvgIpc) is 3.17. The number of ether oxygens (including phenoxy) is 1. The van der Waals surface area contributed by atoms with Gasteiger partial charge in [-0.15, -0.1) is 11.3 Å². The number of likely N-dealkylation sites (N-methyl/N-ethyl adjacent to an activating group) is 1. The van der Waals surface area contributed by atoms with Crippen LogP contribution in [-0.4, -0.2) is 45.0 Å². The molecule has 5 nitrogen and oxygen atoms in total. The molecule has 3 aromatic rings. The molecular formula is C23H23F2N3O2S. The second kappa shape index (κ2) is 8.64. The Balaban J connectivity index is 1.60. The van der Waals surface area contributed by atoms with Crippen LogP contribution in [0, 0.1) is 11.6 Å². The highest BCUT2D eigenvalue weighted by Gasteiger charge is 2.25. The van der Waals surface area contributed by atoms with E-state index in [9.17, 15) is 13.6 Å². The Morgan fingerprint density at radius 3 is 2.68 bits per heavy atom. The molecule has 0 spiro atoms. The molecule has 162 valence electrons. The van der Waals surface area contributed by atoms with E-state index in [0.717, 1.165) is 52.7 Å². The van der Waals surface area contributed by atoms with Crippen LogP contribution in [0.5, 0.6) is 5.75 Å². The second-order valence-electron chi connectivity index (χ2n) is 7.65. The van der Waals surface area contributed by atoms with E-state index in [0.29, 0.717) is 11.5 Å². The summed E-state index contributed by atoms with van der Waals surface area (Å²) in [4.78, 5) is 17.7. The maximum atomic E-state index is 14.1. The first-order valence-electron chi connectivity index (χ1n) is 9.85. The summed E-state index contributed by atoms with van der Waals surface area (Å²) in [5.74, 6) is -1.05. The summed E-state index contributed by atoms with van der Waals surface area (Å²) in [6.07, 6.45) is 0. The topological polar surface area (TPSA) is 44.8 Å². The number of thiophene rings is 1. The van der Waals surface area contributed by atoms with Gasteiger partial charge in [0.1, 0.15) is 24.0 Å². The highest BCUT2D eigenvalue weighted by Crippen LogP contribution is 2.44. The fraction of sp³-hybridized carbons (Fsp3) is 0.261. The maximum Gasteiger partial charge on any atom is 0.268 e. The first-order chi connectivity index (χ1) is 14.8. The van der Waals surface area contributed by atoms with Crippen LogP contribution in [0.2, 0.25) is 0 Å². The van der Waals surface area contributed by atoms with Crippen molar-refractivity contribution in [2.45, 2.75) is 6.61 Å². The maximum absolute atomic E-state index is 14.1. The molecule has 8 heteroatoms. The van der Waals surface area contributed by atoms with E-state index in [1.54, 1.807) is 6.07 Å². The molecule has 1 amide bonds. The van der Waals surface area contributed by atoms with Gasteiger partial charge < -0.3 is 19.9 Å². The molecule has 31 heavy (non-hydrogen) atoms. The van der Waals surface area contributed by atoms with E-state index in [4.69, 9.17) is 4.74 Å². The van der Waals surface area contributed by atoms with Crippen molar-refractivity contribution >= 4 is 28.6 Å². The minimum atomic E-state index is -0.778. The summed E-state index contributed by atoms with van der Waals surface area (Å²) < 4.78 is 33.2. The monoisotopic (exact) mass is 443 g/mol. The number of hydrogen-bond donors (Lipinski definition) is 1. The van der Waals surface area contributed by atoms with Crippen molar-refractivity contribution in [1.82, 2.24) is 4.90 Å². The zero-order valence-corrected chi connectivity index (χ0v) is 18.4. The molecule has 1 aliphatic heterocycles. The molecule has 0 atom stereocenters. The number of halogens is 2. The summed E-state index contributed by atoms with van der Waals surface area (Å²) >= 11 is 1.35. The molecule has 0 radical (unpaired) electrons. The van der Waals surface area contributed by atoms with Crippen molar-refractivity contribution in [3.63, 3.8) is 0 Å². The zero-order valence-electron chi connectivity index (χ0n) is 17.5. The second-order valence-corrected chi connectivity index (χ2v) is 8.71. The van der Waals surface area contributed by atoms with Crippen molar-refractivity contribution in [3.05, 3.63) is 64.5 Å². The van der Waals surface area contributed by atoms with Crippen LogP contribution in [0.25, 0.3) is 10.4 Å². The Bertz CT molecular complexity index is 1130. The standard InChI is InChI=1S/C23H23F2N3O2S/c1-27(2)9-8-26-16-5-7-20-17(12-16)22-14(13-30-20)10-21(31-22)23(29)28(3)19-6-4-15(24)11-18(19)25/h4-7,10-12,26H,8-9,13H2,1-3H3. The van der Waals surface area contributed by atoms with E-state index < -0.39 is 11.6 Å². The average molecular weight is 444 g/mol. The Hall–Kier alpha value is -2.97. The molecule has 1 aliphatic rings. The number of carbonyl (C=O) groups is 1. The van der Waals surface area contributed by atoms with Crippen LogP contribution in [0.4, 0.5) is 20.2 Å². The van der Waals surface area contributed by atoms with Gasteiger partial charge >= 0.3 is 0 Å². The quantitative estimate of drug-likeness (QED) is 0.592. The fourth-order valence-corrected chi connectivity index (χ4v) is 4.58. The molecular weight excluding hydrogens is 420 g/mol. The lowest BCUT2D eigenvalue weighted by molar-refractivity contribution is 0.0996. The Morgan fingerprint density at radius 1 is 1.13 bits per heavy atom. The molecule has 1 N–H and O–H groups in total. The first-order valence-corrected chi connectivity index (χ1v) is 10.7. The van der Waals surface area contributed by atoms with Gasteiger partial charge in [0.2, 0.25) is 0 Å². The summed E-state index contributed by atoms with van der Waals surface area (Å²) in [5.41, 5.74) is 2.85. The van der Waals surface area contributed by atoms with Crippen molar-refractivity contribution in [3.8, 4) is 16.2 Å². The zero-order chi connectivity index (χ0) is 22.1. The number of hydrogen-bond acceptors (Lipinski definition) is 5. The molecule has 2 aromatic carbocycles. The van der Waals surface area contributed by atoms with Gasteiger partial charge in [-0.05, 0) is 50.5 Å². The van der Waals surface area contributed by atoms with Gasteiger partial charge in [-0.1, -0.05) is 0 Å². The normalized spacial score (nSPS) is 12.2. The molecule has 4 rings (SSSR count). The lowest BCUT2D eigenvalue weighted by Gasteiger charge is -2.19. The first kappa shape index (κ1) is 21.3. The van der Waals surface area contributed by atoms with E-state index in [1.165, 1.54) is 29.4 Å². The van der Waals surface area contributed by atoms with Gasteiger partial charge in [-0.3, -0.25) is 4.79 Å². The molecule has 0 fully saturated rings. The Morgan fingerprint density at radius 2 is 1.94 bits per heavy atom. The number of nitrogens with one attached hydrogen (secondary N) is 1. The van der Waals surface area contributed by atoms with Crippen LogP contribution < -0.4 is 15.0 Å². The highest BCUT2D eigenvalue weighted by molar-refractivity contribution is 7.17. The number of benzene rings is 2. The van der Waals surface area contributed by atoms with Gasteiger partial charge in [0.25, 0.3) is 5.91 Å². The lowest BCUT2D eigenvalue weighted by atomic mass is 10.1. The van der Waals surface area contributed by atoms with Gasteiger partial charge in [0, 0.05) is 47.9 Å². The van der Waals surface area contributed by atoms with Crippen LogP contribution in [0.3, 0.4) is 0 Å². The van der Waals surface area contributed by atoms with E-state index in [1.807, 2.05) is 32.3 Å². The molecule has 0 aliphatic carbocycles. The minimum Gasteiger partial charge on any atom is -0.488 e. The van der Waals surface area contributed by atoms with Crippen LogP contribution >= 0.6 is 11.3 Å². The van der Waals surface area contributed by atoms with Gasteiger partial charge in [-0.25, -0.2) is 8.78 Å². The molecule has 0 unspecified atom stereocenters. The smallest absolute Gasteiger partial charge is 0.268 e. The Labute approximate surface area is 183 Å². The van der Waals surface area contributed by atoms with Gasteiger partial charge in [-0.2, -0.15) is 0 Å². The van der Waals surface area contributed by atoms with Gasteiger partial charge in [0.15, 0.2) is 0 Å². The third-order valence-corrected chi connectivity index (χ3v) is 6.29. The number of nitrogens with zero attached hydrogens (tertiary/aromatic N) is 2. The van der Waals surface area contributed by atoms with Crippen LogP contribution in [0.1, 0.15) is 15.2 Å². The third kappa shape index (κ3) is 4.40. The van der Waals surface area contributed by atoms with Crippen LogP contribution in [-0.2, 0) is 6.61 Å². The minimum absolute atomic E-state index is 0.0294. The fourth-order valence-electron chi connectivity index (χ4n) is 3.42. The molecule has 2 heterocycles. The number of amides is 1. The lowest BCUT2D eigenvalue weighted by Crippen LogP contribution is -2.26. The van der Waals surface area contributed by atoms with E-state index in [2.05, 4.69) is 10.2 Å². The predicted octanol–water partition coefficient (Wildman–Crippen LogP) is 4.84. The van der Waals surface area contributed by atoms with Crippen molar-refractivity contribution in [1.29, 1.82) is 0 Å². The number of anilines is 2. The number of carbonyl (C=O) groups excluding carboxylic acids is 1. The van der Waals surface area contributed by atoms with Crippen LogP contribution in [0.15, 0.2) is 42.5 Å². The molecule has 1 aromatic heterocycles. The highest BCUT2D eigenvalue weighted by atomic mass is 32.1. The van der Waals surface area contributed by atoms with E-state index in [-0.39, 0.29) is 11.6 Å². The number of rotatable bonds is 6. The molecule has 0 bridgehead atoms. The third-order valence-electron chi connectivity index (χ3n) is 5.09. The van der Waals surface area contributed by atoms with Crippen molar-refractivity contribution < 1.29 is 18.3 Å². The number of fused-ring (bicyclic) bond motifs is 3. The summed E-state index contributed by atoms with van der Waals surface area (Å²) in [6.45, 7) is 2.08. The Kier molecular flexibility index (Phi) is 5.93. The van der Waals surface area contributed by atoms with Crippen molar-refractivity contribution in [2.24, 2.45) is 0 Å². The van der Waals surface area contributed by atoms with Gasteiger partial charge in [0.05, 0.1) is 10.6 Å².